The third-order valence-electron chi connectivity index (χ3n) is 3.68. The molecule has 1 fully saturated rings. The fraction of sp³-hybridized carbons (Fsp3) is 0.615. The highest BCUT2D eigenvalue weighted by molar-refractivity contribution is 7.91. The van der Waals surface area contributed by atoms with Gasteiger partial charge in [-0.25, -0.2) is 8.42 Å². The molecule has 0 radical (unpaired) electrons. The second-order valence-electron chi connectivity index (χ2n) is 5.33. The first-order chi connectivity index (χ1) is 9.80. The molecule has 1 atom stereocenters. The molecule has 0 spiro atoms. The molecular weight excluding hydrogens is 334 g/mol. The molecule has 0 saturated carbocycles. The number of hydrogen-bond acceptors (Lipinski definition) is 4. The Hall–Kier alpha value is -0.630. The maximum Gasteiger partial charge on any atom is 0.303 e. The van der Waals surface area contributed by atoms with Crippen molar-refractivity contribution in [2.24, 2.45) is 5.92 Å². The molecular formula is C13H18ClNO4S2. The molecule has 1 aliphatic rings. The van der Waals surface area contributed by atoms with Gasteiger partial charge in [-0.15, -0.1) is 11.3 Å². The SMILES string of the molecule is Cc1cc(S(=O)(=O)N2CCCC(CCC(=O)O)C2)sc1Cl. The number of aryl methyl sites for hydroxylation is 1. The van der Waals surface area contributed by atoms with E-state index in [-0.39, 0.29) is 16.5 Å². The molecule has 1 aromatic heterocycles. The molecule has 5 nitrogen and oxygen atoms in total. The fourth-order valence-corrected chi connectivity index (χ4v) is 5.91. The normalized spacial score (nSPS) is 20.6. The lowest BCUT2D eigenvalue weighted by Gasteiger charge is -2.31. The second kappa shape index (κ2) is 6.64. The van der Waals surface area contributed by atoms with Gasteiger partial charge in [0.1, 0.15) is 4.21 Å². The van der Waals surface area contributed by atoms with Crippen LogP contribution in [0.25, 0.3) is 0 Å². The van der Waals surface area contributed by atoms with Crippen molar-refractivity contribution in [3.05, 3.63) is 16.0 Å². The van der Waals surface area contributed by atoms with E-state index in [1.807, 2.05) is 0 Å². The van der Waals surface area contributed by atoms with Crippen molar-refractivity contribution in [2.45, 2.75) is 36.8 Å². The summed E-state index contributed by atoms with van der Waals surface area (Å²) >= 11 is 7.03. The summed E-state index contributed by atoms with van der Waals surface area (Å²) in [6.45, 7) is 2.66. The van der Waals surface area contributed by atoms with Crippen LogP contribution < -0.4 is 0 Å². The highest BCUT2D eigenvalue weighted by atomic mass is 35.5. The van der Waals surface area contributed by atoms with Crippen molar-refractivity contribution in [3.63, 3.8) is 0 Å². The Balaban J connectivity index is 2.11. The van der Waals surface area contributed by atoms with Crippen LogP contribution in [-0.4, -0.2) is 36.9 Å². The van der Waals surface area contributed by atoms with Crippen LogP contribution in [0.4, 0.5) is 0 Å². The number of piperidine rings is 1. The number of aliphatic carboxylic acids is 1. The predicted molar refractivity (Wildman–Crippen MR) is 82.4 cm³/mol. The predicted octanol–water partition coefficient (Wildman–Crippen LogP) is 2.98. The van der Waals surface area contributed by atoms with E-state index in [4.69, 9.17) is 16.7 Å². The summed E-state index contributed by atoms with van der Waals surface area (Å²) in [5.41, 5.74) is 0.764. The number of thiophene rings is 1. The second-order valence-corrected chi connectivity index (χ2v) is 9.14. The van der Waals surface area contributed by atoms with Gasteiger partial charge in [0.25, 0.3) is 10.0 Å². The lowest BCUT2D eigenvalue weighted by Crippen LogP contribution is -2.39. The van der Waals surface area contributed by atoms with Gasteiger partial charge in [-0.3, -0.25) is 4.79 Å². The molecule has 2 heterocycles. The Morgan fingerprint density at radius 1 is 1.57 bits per heavy atom. The first kappa shape index (κ1) is 16.7. The standard InChI is InChI=1S/C13H18ClNO4S2/c1-9-7-12(20-13(9)14)21(18,19)15-6-2-3-10(8-15)4-5-11(16)17/h7,10H,2-6,8H2,1H3,(H,16,17). The van der Waals surface area contributed by atoms with Crippen LogP contribution in [0.5, 0.6) is 0 Å². The van der Waals surface area contributed by atoms with Gasteiger partial charge in [0, 0.05) is 19.5 Å². The quantitative estimate of drug-likeness (QED) is 0.884. The van der Waals surface area contributed by atoms with Gasteiger partial charge >= 0.3 is 5.97 Å². The molecule has 0 amide bonds. The molecule has 1 aliphatic heterocycles. The van der Waals surface area contributed by atoms with Crippen LogP contribution in [0.1, 0.15) is 31.2 Å². The summed E-state index contributed by atoms with van der Waals surface area (Å²) in [6, 6.07) is 1.60. The Morgan fingerprint density at radius 3 is 2.86 bits per heavy atom. The van der Waals surface area contributed by atoms with E-state index in [1.165, 1.54) is 4.31 Å². The maximum absolute atomic E-state index is 12.6. The number of sulfonamides is 1. The largest absolute Gasteiger partial charge is 0.481 e. The van der Waals surface area contributed by atoms with Crippen molar-refractivity contribution < 1.29 is 18.3 Å². The minimum Gasteiger partial charge on any atom is -0.481 e. The third kappa shape index (κ3) is 3.97. The lowest BCUT2D eigenvalue weighted by molar-refractivity contribution is -0.137. The Kier molecular flexibility index (Phi) is 5.29. The van der Waals surface area contributed by atoms with E-state index < -0.39 is 16.0 Å². The molecule has 1 saturated heterocycles. The van der Waals surface area contributed by atoms with Crippen LogP contribution >= 0.6 is 22.9 Å². The van der Waals surface area contributed by atoms with Gasteiger partial charge in [0.05, 0.1) is 4.34 Å². The zero-order chi connectivity index (χ0) is 15.6. The van der Waals surface area contributed by atoms with Crippen molar-refractivity contribution in [1.82, 2.24) is 4.31 Å². The monoisotopic (exact) mass is 351 g/mol. The first-order valence-electron chi connectivity index (χ1n) is 6.78. The maximum atomic E-state index is 12.6. The van der Waals surface area contributed by atoms with Gasteiger partial charge in [0.2, 0.25) is 0 Å². The summed E-state index contributed by atoms with van der Waals surface area (Å²) in [6.07, 6.45) is 2.25. The van der Waals surface area contributed by atoms with Crippen molar-refractivity contribution in [3.8, 4) is 0 Å². The van der Waals surface area contributed by atoms with E-state index in [9.17, 15) is 13.2 Å². The molecule has 0 bridgehead atoms. The summed E-state index contributed by atoms with van der Waals surface area (Å²) in [5, 5.41) is 8.74. The number of hydrogen-bond donors (Lipinski definition) is 1. The summed E-state index contributed by atoms with van der Waals surface area (Å²) in [7, 11) is -3.52. The van der Waals surface area contributed by atoms with E-state index >= 15 is 0 Å². The number of carboxylic acids is 1. The van der Waals surface area contributed by atoms with Crippen LogP contribution in [0, 0.1) is 12.8 Å². The number of carboxylic acid groups (broad SMARTS) is 1. The highest BCUT2D eigenvalue weighted by Crippen LogP contribution is 2.34. The van der Waals surface area contributed by atoms with Gasteiger partial charge in [-0.2, -0.15) is 4.31 Å². The van der Waals surface area contributed by atoms with Gasteiger partial charge in [-0.1, -0.05) is 11.6 Å². The van der Waals surface area contributed by atoms with E-state index in [0.29, 0.717) is 23.8 Å². The first-order valence-corrected chi connectivity index (χ1v) is 9.42. The van der Waals surface area contributed by atoms with Gasteiger partial charge in [-0.05, 0) is 43.7 Å². The average molecular weight is 352 g/mol. The number of rotatable bonds is 5. The van der Waals surface area contributed by atoms with E-state index in [0.717, 1.165) is 29.7 Å². The van der Waals surface area contributed by atoms with Crippen molar-refractivity contribution in [2.75, 3.05) is 13.1 Å². The molecule has 2 rings (SSSR count). The molecule has 1 unspecified atom stereocenters. The van der Waals surface area contributed by atoms with Crippen molar-refractivity contribution in [1.29, 1.82) is 0 Å². The van der Waals surface area contributed by atoms with Crippen LogP contribution in [0.15, 0.2) is 10.3 Å². The zero-order valence-corrected chi connectivity index (χ0v) is 14.1. The smallest absolute Gasteiger partial charge is 0.303 e. The van der Waals surface area contributed by atoms with Gasteiger partial charge < -0.3 is 5.11 Å². The zero-order valence-electron chi connectivity index (χ0n) is 11.7. The molecule has 0 aliphatic carbocycles. The summed E-state index contributed by atoms with van der Waals surface area (Å²) in [4.78, 5) is 10.6. The van der Waals surface area contributed by atoms with E-state index in [1.54, 1.807) is 13.0 Å². The molecule has 8 heteroatoms. The highest BCUT2D eigenvalue weighted by Gasteiger charge is 2.31. The number of halogens is 1. The lowest BCUT2D eigenvalue weighted by atomic mass is 9.95. The summed E-state index contributed by atoms with van der Waals surface area (Å²) < 4.78 is 27.4. The minimum atomic E-state index is -3.52. The van der Waals surface area contributed by atoms with Crippen LogP contribution in [0.3, 0.4) is 0 Å². The summed E-state index contributed by atoms with van der Waals surface area (Å²) in [5.74, 6) is -0.725. The van der Waals surface area contributed by atoms with Crippen LogP contribution in [0.2, 0.25) is 4.34 Å². The average Bonchev–Trinajstić information content (AvgIpc) is 2.77. The third-order valence-corrected chi connectivity index (χ3v) is 7.55. The number of carbonyl (C=O) groups is 1. The molecule has 118 valence electrons. The molecule has 0 aromatic carbocycles. The fourth-order valence-electron chi connectivity index (χ4n) is 2.49. The molecule has 1 aromatic rings. The minimum absolute atomic E-state index is 0.0858. The Morgan fingerprint density at radius 2 is 2.29 bits per heavy atom. The Labute approximate surface area is 133 Å². The molecule has 1 N–H and O–H groups in total. The van der Waals surface area contributed by atoms with Gasteiger partial charge in [0.15, 0.2) is 0 Å². The molecule has 21 heavy (non-hydrogen) atoms. The Bertz CT molecular complexity index is 607. The van der Waals surface area contributed by atoms with Crippen LogP contribution in [-0.2, 0) is 14.8 Å². The topological polar surface area (TPSA) is 74.7 Å². The van der Waals surface area contributed by atoms with E-state index in [2.05, 4.69) is 0 Å². The van der Waals surface area contributed by atoms with Crippen molar-refractivity contribution >= 4 is 38.9 Å². The number of nitrogens with zero attached hydrogens (tertiary/aromatic N) is 1.